The van der Waals surface area contributed by atoms with Gasteiger partial charge in [-0.15, -0.1) is 0 Å². The number of nitrogens with one attached hydrogen (secondary N) is 3. The van der Waals surface area contributed by atoms with Crippen molar-refractivity contribution in [3.8, 4) is 0 Å². The van der Waals surface area contributed by atoms with E-state index in [9.17, 15) is 21.6 Å². The van der Waals surface area contributed by atoms with Gasteiger partial charge in [-0.2, -0.15) is 0 Å². The highest BCUT2D eigenvalue weighted by atomic mass is 35.5. The summed E-state index contributed by atoms with van der Waals surface area (Å²) < 4.78 is 57.3. The summed E-state index contributed by atoms with van der Waals surface area (Å²) in [4.78, 5) is 12.7. The van der Waals surface area contributed by atoms with E-state index in [0.717, 1.165) is 16.3 Å². The van der Waals surface area contributed by atoms with Crippen molar-refractivity contribution in [1.29, 1.82) is 0 Å². The van der Waals surface area contributed by atoms with Crippen molar-refractivity contribution >= 4 is 65.4 Å². The number of halogens is 1. The van der Waals surface area contributed by atoms with Crippen molar-refractivity contribution in [1.82, 2.24) is 0 Å². The number of fused-ring (bicyclic) bond motifs is 1. The third-order valence-electron chi connectivity index (χ3n) is 6.33. The standard InChI is InChI=1S/C30H24ClN3O5S2/c1-20-7-2-5-11-27(20)33-41(38,39)29-19-22(13-18-26(29)31)30(35)32-23-14-16-24(17-15-23)40(36,37)34-28-12-6-9-21-8-3-4-10-25(21)28/h2-19,33-34H,1H3,(H,32,35). The SMILES string of the molecule is Cc1ccccc1NS(=O)(=O)c1cc(C(=O)Nc2ccc(S(=O)(=O)Nc3cccc4ccccc34)cc2)ccc1Cl. The largest absolute Gasteiger partial charge is 0.322 e. The van der Waals surface area contributed by atoms with Crippen LogP contribution in [0.1, 0.15) is 15.9 Å². The first-order valence-corrected chi connectivity index (χ1v) is 15.7. The topological polar surface area (TPSA) is 121 Å². The van der Waals surface area contributed by atoms with Gasteiger partial charge in [-0.05, 0) is 72.5 Å². The number of hydrogen-bond donors (Lipinski definition) is 3. The summed E-state index contributed by atoms with van der Waals surface area (Å²) in [5.74, 6) is -0.599. The average Bonchev–Trinajstić information content (AvgIpc) is 2.94. The van der Waals surface area contributed by atoms with E-state index in [-0.39, 0.29) is 20.4 Å². The summed E-state index contributed by atoms with van der Waals surface area (Å²) in [5.41, 5.74) is 1.93. The Morgan fingerprint density at radius 1 is 0.683 bits per heavy atom. The van der Waals surface area contributed by atoms with Crippen molar-refractivity contribution in [2.75, 3.05) is 14.8 Å². The quantitative estimate of drug-likeness (QED) is 0.183. The maximum Gasteiger partial charge on any atom is 0.263 e. The molecule has 8 nitrogen and oxygen atoms in total. The summed E-state index contributed by atoms with van der Waals surface area (Å²) in [7, 11) is -8.00. The van der Waals surface area contributed by atoms with E-state index in [0.29, 0.717) is 17.1 Å². The summed E-state index contributed by atoms with van der Waals surface area (Å²) >= 11 is 6.19. The fourth-order valence-corrected chi connectivity index (χ4v) is 6.91. The number of carbonyl (C=O) groups is 1. The van der Waals surface area contributed by atoms with Crippen LogP contribution in [0.3, 0.4) is 0 Å². The summed E-state index contributed by atoms with van der Waals surface area (Å²) in [6, 6.07) is 29.2. The molecule has 0 fully saturated rings. The number of hydrogen-bond acceptors (Lipinski definition) is 5. The molecule has 0 aliphatic heterocycles. The Bertz CT molecular complexity index is 1990. The third-order valence-corrected chi connectivity index (χ3v) is 9.56. The van der Waals surface area contributed by atoms with Crippen LogP contribution >= 0.6 is 11.6 Å². The Morgan fingerprint density at radius 3 is 2.07 bits per heavy atom. The molecule has 5 rings (SSSR count). The normalized spacial score (nSPS) is 11.7. The third kappa shape index (κ3) is 6.19. The van der Waals surface area contributed by atoms with Gasteiger partial charge in [0.05, 0.1) is 21.3 Å². The number of anilines is 3. The smallest absolute Gasteiger partial charge is 0.263 e. The second-order valence-corrected chi connectivity index (χ2v) is 12.9. The van der Waals surface area contributed by atoms with Gasteiger partial charge in [-0.3, -0.25) is 14.2 Å². The second-order valence-electron chi connectivity index (χ2n) is 9.18. The van der Waals surface area contributed by atoms with E-state index >= 15 is 0 Å². The van der Waals surface area contributed by atoms with E-state index in [4.69, 9.17) is 11.6 Å². The first kappa shape index (κ1) is 28.2. The molecule has 1 amide bonds. The minimum absolute atomic E-state index is 0.00517. The molecule has 0 saturated carbocycles. The first-order valence-electron chi connectivity index (χ1n) is 12.3. The highest BCUT2D eigenvalue weighted by Crippen LogP contribution is 2.28. The summed E-state index contributed by atoms with van der Waals surface area (Å²) in [5, 5.41) is 4.27. The highest BCUT2D eigenvalue weighted by molar-refractivity contribution is 7.93. The minimum atomic E-state index is -4.09. The molecule has 0 aromatic heterocycles. The van der Waals surface area contributed by atoms with Gasteiger partial charge in [-0.1, -0.05) is 66.2 Å². The number of benzene rings is 5. The number of para-hydroxylation sites is 1. The van der Waals surface area contributed by atoms with E-state index < -0.39 is 26.0 Å². The Balaban J connectivity index is 1.32. The lowest BCUT2D eigenvalue weighted by molar-refractivity contribution is 0.102. The maximum absolute atomic E-state index is 13.1. The molecule has 11 heteroatoms. The number of rotatable bonds is 8. The molecule has 0 radical (unpaired) electrons. The number of amides is 1. The lowest BCUT2D eigenvalue weighted by Gasteiger charge is -2.13. The van der Waals surface area contributed by atoms with Gasteiger partial charge >= 0.3 is 0 Å². The van der Waals surface area contributed by atoms with Crippen molar-refractivity contribution in [3.63, 3.8) is 0 Å². The van der Waals surface area contributed by atoms with E-state index in [1.807, 2.05) is 30.3 Å². The number of aryl methyl sites for hydroxylation is 1. The molecule has 0 aliphatic rings. The first-order chi connectivity index (χ1) is 19.5. The van der Waals surface area contributed by atoms with Gasteiger partial charge in [-0.25, -0.2) is 16.8 Å². The molecule has 0 spiro atoms. The monoisotopic (exact) mass is 605 g/mol. The molecule has 208 valence electrons. The van der Waals surface area contributed by atoms with Crippen LogP contribution in [-0.2, 0) is 20.0 Å². The number of sulfonamides is 2. The van der Waals surface area contributed by atoms with Gasteiger partial charge < -0.3 is 5.32 Å². The molecule has 0 unspecified atom stereocenters. The lowest BCUT2D eigenvalue weighted by Crippen LogP contribution is -2.17. The fraction of sp³-hybridized carbons (Fsp3) is 0.0333. The van der Waals surface area contributed by atoms with Gasteiger partial charge in [0, 0.05) is 16.6 Å². The fourth-order valence-electron chi connectivity index (χ4n) is 4.18. The van der Waals surface area contributed by atoms with Gasteiger partial charge in [0.2, 0.25) is 0 Å². The molecular weight excluding hydrogens is 582 g/mol. The van der Waals surface area contributed by atoms with E-state index in [1.54, 1.807) is 43.3 Å². The molecule has 0 bridgehead atoms. The zero-order chi connectivity index (χ0) is 29.2. The Kier molecular flexibility index (Phi) is 7.72. The van der Waals surface area contributed by atoms with Crippen LogP contribution in [0.5, 0.6) is 0 Å². The van der Waals surface area contributed by atoms with Gasteiger partial charge in [0.15, 0.2) is 0 Å². The zero-order valence-corrected chi connectivity index (χ0v) is 24.0. The number of carbonyl (C=O) groups excluding carboxylic acids is 1. The van der Waals surface area contributed by atoms with Crippen LogP contribution in [0.25, 0.3) is 10.8 Å². The lowest BCUT2D eigenvalue weighted by atomic mass is 10.1. The van der Waals surface area contributed by atoms with Crippen molar-refractivity contribution in [3.05, 3.63) is 125 Å². The van der Waals surface area contributed by atoms with Crippen molar-refractivity contribution < 1.29 is 21.6 Å². The van der Waals surface area contributed by atoms with Gasteiger partial charge in [0.25, 0.3) is 26.0 Å². The van der Waals surface area contributed by atoms with E-state index in [2.05, 4.69) is 14.8 Å². The Labute approximate surface area is 243 Å². The molecule has 5 aromatic carbocycles. The van der Waals surface area contributed by atoms with Crippen molar-refractivity contribution in [2.45, 2.75) is 16.7 Å². The summed E-state index contributed by atoms with van der Waals surface area (Å²) in [6.45, 7) is 1.76. The molecule has 3 N–H and O–H groups in total. The van der Waals surface area contributed by atoms with Crippen LogP contribution < -0.4 is 14.8 Å². The second kappa shape index (κ2) is 11.2. The van der Waals surface area contributed by atoms with Crippen molar-refractivity contribution in [2.24, 2.45) is 0 Å². The average molecular weight is 606 g/mol. The maximum atomic E-state index is 13.1. The molecule has 5 aromatic rings. The molecule has 0 atom stereocenters. The Morgan fingerprint density at radius 2 is 1.32 bits per heavy atom. The Hall–Kier alpha value is -4.38. The van der Waals surface area contributed by atoms with Crippen LogP contribution in [0.15, 0.2) is 119 Å². The van der Waals surface area contributed by atoms with Crippen LogP contribution in [0.4, 0.5) is 17.1 Å². The van der Waals surface area contributed by atoms with E-state index in [1.165, 1.54) is 42.5 Å². The summed E-state index contributed by atoms with van der Waals surface area (Å²) in [6.07, 6.45) is 0. The predicted molar refractivity (Wildman–Crippen MR) is 163 cm³/mol. The minimum Gasteiger partial charge on any atom is -0.322 e. The van der Waals surface area contributed by atoms with Crippen LogP contribution in [-0.4, -0.2) is 22.7 Å². The molecular formula is C30H24ClN3O5S2. The molecule has 41 heavy (non-hydrogen) atoms. The predicted octanol–water partition coefficient (Wildman–Crippen LogP) is 6.66. The van der Waals surface area contributed by atoms with Crippen LogP contribution in [0, 0.1) is 6.92 Å². The highest BCUT2D eigenvalue weighted by Gasteiger charge is 2.22. The molecule has 0 saturated heterocycles. The van der Waals surface area contributed by atoms with Gasteiger partial charge in [0.1, 0.15) is 4.90 Å². The molecule has 0 heterocycles. The van der Waals surface area contributed by atoms with Crippen LogP contribution in [0.2, 0.25) is 5.02 Å². The zero-order valence-electron chi connectivity index (χ0n) is 21.6. The molecule has 0 aliphatic carbocycles.